The van der Waals surface area contributed by atoms with Gasteiger partial charge in [0.2, 0.25) is 0 Å². The molecule has 0 bridgehead atoms. The van der Waals surface area contributed by atoms with E-state index >= 15 is 0 Å². The number of ether oxygens (including phenoxy) is 1. The zero-order valence-corrected chi connectivity index (χ0v) is 15.6. The second kappa shape index (κ2) is 7.90. The molecule has 0 saturated carbocycles. The van der Waals surface area contributed by atoms with Crippen LogP contribution in [-0.2, 0) is 4.74 Å². The smallest absolute Gasteiger partial charge is 0.410 e. The summed E-state index contributed by atoms with van der Waals surface area (Å²) in [7, 11) is 3.90. The molecule has 1 N–H and O–H groups in total. The summed E-state index contributed by atoms with van der Waals surface area (Å²) in [6, 6.07) is 0.250. The van der Waals surface area contributed by atoms with Crippen LogP contribution in [0.2, 0.25) is 0 Å². The summed E-state index contributed by atoms with van der Waals surface area (Å²) in [5.74, 6) is 0.858. The van der Waals surface area contributed by atoms with Gasteiger partial charge in [-0.3, -0.25) is 4.99 Å². The summed E-state index contributed by atoms with van der Waals surface area (Å²) >= 11 is 0. The number of halogens is 1. The van der Waals surface area contributed by atoms with Gasteiger partial charge in [-0.05, 0) is 27.7 Å². The van der Waals surface area contributed by atoms with Crippen molar-refractivity contribution in [2.45, 2.75) is 39.3 Å². The van der Waals surface area contributed by atoms with Crippen LogP contribution in [0.4, 0.5) is 4.79 Å². The number of amides is 1. The SMILES string of the molecule is CCN=C(NC1CN(C(=O)OC(C)(C)C)C1)N(C)C.I. The van der Waals surface area contributed by atoms with Gasteiger partial charge in [0.15, 0.2) is 5.96 Å². The predicted octanol–water partition coefficient (Wildman–Crippen LogP) is 1.75. The van der Waals surface area contributed by atoms with Crippen LogP contribution in [0, 0.1) is 0 Å². The maximum atomic E-state index is 11.8. The monoisotopic (exact) mass is 398 g/mol. The van der Waals surface area contributed by atoms with Crippen LogP contribution >= 0.6 is 24.0 Å². The summed E-state index contributed by atoms with van der Waals surface area (Å²) in [6.45, 7) is 9.67. The van der Waals surface area contributed by atoms with E-state index in [1.807, 2.05) is 46.7 Å². The van der Waals surface area contributed by atoms with Crippen molar-refractivity contribution in [1.82, 2.24) is 15.1 Å². The standard InChI is InChI=1S/C13H26N4O2.HI/c1-7-14-11(16(5)6)15-10-8-17(9-10)12(18)19-13(2,3)4;/h10H,7-9H2,1-6H3,(H,14,15);1H. The molecular weight excluding hydrogens is 371 g/mol. The average molecular weight is 398 g/mol. The largest absolute Gasteiger partial charge is 0.444 e. The van der Waals surface area contributed by atoms with Crippen molar-refractivity contribution >= 4 is 36.0 Å². The second-order valence-electron chi connectivity index (χ2n) is 5.92. The normalized spacial score (nSPS) is 16.1. The Balaban J connectivity index is 0.00000361. The second-order valence-corrected chi connectivity index (χ2v) is 5.92. The predicted molar refractivity (Wildman–Crippen MR) is 91.8 cm³/mol. The van der Waals surface area contributed by atoms with Crippen molar-refractivity contribution in [2.24, 2.45) is 4.99 Å². The van der Waals surface area contributed by atoms with E-state index in [1.165, 1.54) is 0 Å². The van der Waals surface area contributed by atoms with Crippen LogP contribution in [-0.4, -0.2) is 67.2 Å². The summed E-state index contributed by atoms with van der Waals surface area (Å²) in [4.78, 5) is 19.8. The number of likely N-dealkylation sites (tertiary alicyclic amines) is 1. The van der Waals surface area contributed by atoms with Crippen molar-refractivity contribution < 1.29 is 9.53 Å². The number of aliphatic imine (C=N–C) groups is 1. The van der Waals surface area contributed by atoms with Gasteiger partial charge in [0.25, 0.3) is 0 Å². The number of rotatable bonds is 2. The Morgan fingerprint density at radius 1 is 1.40 bits per heavy atom. The first-order chi connectivity index (χ1) is 8.73. The molecule has 1 saturated heterocycles. The van der Waals surface area contributed by atoms with Crippen LogP contribution < -0.4 is 5.32 Å². The van der Waals surface area contributed by atoms with Crippen LogP contribution in [0.25, 0.3) is 0 Å². The van der Waals surface area contributed by atoms with Crippen molar-refractivity contribution in [3.63, 3.8) is 0 Å². The molecule has 1 aliphatic rings. The molecule has 7 heteroatoms. The fourth-order valence-corrected chi connectivity index (χ4v) is 1.69. The molecule has 0 aromatic rings. The lowest BCUT2D eigenvalue weighted by Crippen LogP contribution is -2.62. The molecule has 1 aliphatic heterocycles. The highest BCUT2D eigenvalue weighted by Crippen LogP contribution is 2.15. The molecule has 1 amide bonds. The molecule has 1 fully saturated rings. The molecule has 0 aromatic carbocycles. The number of nitrogens with zero attached hydrogens (tertiary/aromatic N) is 3. The van der Waals surface area contributed by atoms with Gasteiger partial charge >= 0.3 is 6.09 Å². The molecule has 1 rings (SSSR count). The minimum absolute atomic E-state index is 0. The number of hydrogen-bond acceptors (Lipinski definition) is 3. The molecule has 0 unspecified atom stereocenters. The molecule has 0 radical (unpaired) electrons. The third-order valence-corrected chi connectivity index (χ3v) is 2.60. The van der Waals surface area contributed by atoms with Gasteiger partial charge in [-0.15, -0.1) is 24.0 Å². The Labute approximate surface area is 138 Å². The van der Waals surface area contributed by atoms with E-state index in [4.69, 9.17) is 4.74 Å². The number of hydrogen-bond donors (Lipinski definition) is 1. The Kier molecular flexibility index (Phi) is 7.61. The Morgan fingerprint density at radius 3 is 2.35 bits per heavy atom. The van der Waals surface area contributed by atoms with Crippen LogP contribution in [0.1, 0.15) is 27.7 Å². The fraction of sp³-hybridized carbons (Fsp3) is 0.846. The summed E-state index contributed by atoms with van der Waals surface area (Å²) in [5.41, 5.74) is -0.436. The zero-order chi connectivity index (χ0) is 14.6. The van der Waals surface area contributed by atoms with Gasteiger partial charge in [-0.25, -0.2) is 4.79 Å². The molecule has 0 atom stereocenters. The minimum Gasteiger partial charge on any atom is -0.444 e. The van der Waals surface area contributed by atoms with Crippen LogP contribution in [0.3, 0.4) is 0 Å². The number of nitrogens with one attached hydrogen (secondary N) is 1. The molecule has 0 spiro atoms. The third kappa shape index (κ3) is 6.15. The first-order valence-electron chi connectivity index (χ1n) is 6.69. The number of guanidine groups is 1. The first kappa shape index (κ1) is 19.3. The maximum absolute atomic E-state index is 11.8. The molecule has 1 heterocycles. The van der Waals surface area contributed by atoms with E-state index in [1.54, 1.807) is 4.90 Å². The molecule has 0 aromatic heterocycles. The van der Waals surface area contributed by atoms with E-state index in [2.05, 4.69) is 10.3 Å². The van der Waals surface area contributed by atoms with Gasteiger partial charge in [0.1, 0.15) is 5.60 Å². The van der Waals surface area contributed by atoms with E-state index in [-0.39, 0.29) is 36.1 Å². The summed E-state index contributed by atoms with van der Waals surface area (Å²) in [6.07, 6.45) is -0.246. The average Bonchev–Trinajstić information content (AvgIpc) is 2.17. The lowest BCUT2D eigenvalue weighted by atomic mass is 10.1. The quantitative estimate of drug-likeness (QED) is 0.438. The van der Waals surface area contributed by atoms with Crippen molar-refractivity contribution in [1.29, 1.82) is 0 Å². The highest BCUT2D eigenvalue weighted by atomic mass is 127. The minimum atomic E-state index is -0.436. The van der Waals surface area contributed by atoms with E-state index in [9.17, 15) is 4.79 Å². The zero-order valence-electron chi connectivity index (χ0n) is 13.3. The van der Waals surface area contributed by atoms with Gasteiger partial charge in [0.05, 0.1) is 6.04 Å². The summed E-state index contributed by atoms with van der Waals surface area (Å²) < 4.78 is 5.31. The first-order valence-corrected chi connectivity index (χ1v) is 6.69. The highest BCUT2D eigenvalue weighted by Gasteiger charge is 2.34. The molecule has 6 nitrogen and oxygen atoms in total. The van der Waals surface area contributed by atoms with Crippen molar-refractivity contribution in [3.8, 4) is 0 Å². The number of carbonyl (C=O) groups is 1. The highest BCUT2D eigenvalue weighted by molar-refractivity contribution is 14.0. The van der Waals surface area contributed by atoms with Gasteiger partial charge in [0, 0.05) is 33.7 Å². The maximum Gasteiger partial charge on any atom is 0.410 e. The lowest BCUT2D eigenvalue weighted by Gasteiger charge is -2.41. The Bertz CT molecular complexity index is 347. The van der Waals surface area contributed by atoms with E-state index in [0.29, 0.717) is 13.1 Å². The lowest BCUT2D eigenvalue weighted by molar-refractivity contribution is 0.00687. The third-order valence-electron chi connectivity index (χ3n) is 2.60. The molecule has 118 valence electrons. The molecule has 20 heavy (non-hydrogen) atoms. The van der Waals surface area contributed by atoms with Gasteiger partial charge in [-0.1, -0.05) is 0 Å². The Hall–Kier alpha value is -0.730. The number of carbonyl (C=O) groups excluding carboxylic acids is 1. The fourth-order valence-electron chi connectivity index (χ4n) is 1.69. The molecular formula is C13H27IN4O2. The van der Waals surface area contributed by atoms with Gasteiger partial charge in [-0.2, -0.15) is 0 Å². The van der Waals surface area contributed by atoms with Crippen molar-refractivity contribution in [2.75, 3.05) is 33.7 Å². The van der Waals surface area contributed by atoms with Crippen LogP contribution in [0.15, 0.2) is 4.99 Å². The Morgan fingerprint density at radius 2 is 1.95 bits per heavy atom. The molecule has 0 aliphatic carbocycles. The van der Waals surface area contributed by atoms with E-state index < -0.39 is 5.60 Å². The topological polar surface area (TPSA) is 57.2 Å². The van der Waals surface area contributed by atoms with Crippen molar-refractivity contribution in [3.05, 3.63) is 0 Å². The van der Waals surface area contributed by atoms with E-state index in [0.717, 1.165) is 12.5 Å². The summed E-state index contributed by atoms with van der Waals surface area (Å²) in [5, 5.41) is 3.33. The van der Waals surface area contributed by atoms with Crippen LogP contribution in [0.5, 0.6) is 0 Å². The van der Waals surface area contributed by atoms with Gasteiger partial charge < -0.3 is 19.9 Å².